The number of carbonyl (C=O) groups excluding carboxylic acids is 1. The molecule has 3 heterocycles. The fourth-order valence-electron chi connectivity index (χ4n) is 3.45. The second kappa shape index (κ2) is 6.90. The molecule has 27 heavy (non-hydrogen) atoms. The van der Waals surface area contributed by atoms with Crippen LogP contribution in [-0.2, 0) is 0 Å². The Balaban J connectivity index is 1.48. The Bertz CT molecular complexity index is 989. The first-order chi connectivity index (χ1) is 13.1. The Morgan fingerprint density at radius 1 is 1.15 bits per heavy atom. The number of anilines is 1. The van der Waals surface area contributed by atoms with Gasteiger partial charge in [0.2, 0.25) is 11.8 Å². The molecule has 1 N–H and O–H groups in total. The van der Waals surface area contributed by atoms with Gasteiger partial charge in [-0.1, -0.05) is 6.07 Å². The third-order valence-corrected chi connectivity index (χ3v) is 5.25. The molecule has 2 aromatic heterocycles. The average molecular weight is 365 g/mol. The SMILES string of the molecule is COc1ccnc(N2CCN(C(=O)c3cc4c(C)c(C)ccc4[nH]3)CC2)n1. The molecule has 0 unspecified atom stereocenters. The molecule has 4 rings (SSSR count). The first-order valence-corrected chi connectivity index (χ1v) is 9.07. The summed E-state index contributed by atoms with van der Waals surface area (Å²) in [6, 6.07) is 7.81. The maximum atomic E-state index is 12.9. The van der Waals surface area contributed by atoms with Crippen molar-refractivity contribution in [2.75, 3.05) is 38.2 Å². The van der Waals surface area contributed by atoms with E-state index in [1.165, 1.54) is 11.1 Å². The number of aromatic amines is 1. The number of H-pyrrole nitrogens is 1. The standard InChI is InChI=1S/C20H23N5O2/c1-13-4-5-16-15(14(13)2)12-17(22-16)19(26)24-8-10-25(11-9-24)20-21-7-6-18(23-20)27-3/h4-7,12,22H,8-11H2,1-3H3. The summed E-state index contributed by atoms with van der Waals surface area (Å²) >= 11 is 0. The highest BCUT2D eigenvalue weighted by molar-refractivity contribution is 5.99. The van der Waals surface area contributed by atoms with Gasteiger partial charge in [0.05, 0.1) is 7.11 Å². The molecule has 3 aromatic rings. The zero-order valence-electron chi connectivity index (χ0n) is 15.8. The van der Waals surface area contributed by atoms with Gasteiger partial charge in [-0.25, -0.2) is 4.98 Å². The van der Waals surface area contributed by atoms with Crippen LogP contribution in [0, 0.1) is 13.8 Å². The van der Waals surface area contributed by atoms with Gasteiger partial charge in [0.1, 0.15) is 5.69 Å². The number of piperazine rings is 1. The van der Waals surface area contributed by atoms with Crippen LogP contribution in [0.15, 0.2) is 30.5 Å². The van der Waals surface area contributed by atoms with Gasteiger partial charge in [0.25, 0.3) is 5.91 Å². The lowest BCUT2D eigenvalue weighted by Gasteiger charge is -2.34. The number of carbonyl (C=O) groups is 1. The largest absolute Gasteiger partial charge is 0.481 e. The van der Waals surface area contributed by atoms with Gasteiger partial charge >= 0.3 is 0 Å². The lowest BCUT2D eigenvalue weighted by molar-refractivity contribution is 0.0741. The first kappa shape index (κ1) is 17.3. The van der Waals surface area contributed by atoms with Crippen LogP contribution in [0.3, 0.4) is 0 Å². The van der Waals surface area contributed by atoms with E-state index >= 15 is 0 Å². The molecule has 1 aliphatic heterocycles. The molecule has 1 amide bonds. The van der Waals surface area contributed by atoms with Crippen molar-refractivity contribution in [1.29, 1.82) is 0 Å². The molecule has 1 saturated heterocycles. The molecular weight excluding hydrogens is 342 g/mol. The van der Waals surface area contributed by atoms with Crippen LogP contribution in [-0.4, -0.2) is 59.0 Å². The van der Waals surface area contributed by atoms with E-state index in [4.69, 9.17) is 4.74 Å². The Kier molecular flexibility index (Phi) is 4.43. The number of nitrogens with zero attached hydrogens (tertiary/aromatic N) is 4. The number of nitrogens with one attached hydrogen (secondary N) is 1. The summed E-state index contributed by atoms with van der Waals surface area (Å²) in [5.74, 6) is 1.22. The molecule has 1 fully saturated rings. The minimum atomic E-state index is 0.0365. The highest BCUT2D eigenvalue weighted by Gasteiger charge is 2.25. The number of benzene rings is 1. The van der Waals surface area contributed by atoms with Crippen LogP contribution >= 0.6 is 0 Å². The van der Waals surface area contributed by atoms with Gasteiger partial charge in [0.15, 0.2) is 0 Å². The van der Waals surface area contributed by atoms with Crippen molar-refractivity contribution < 1.29 is 9.53 Å². The lowest BCUT2D eigenvalue weighted by Crippen LogP contribution is -2.49. The predicted octanol–water partition coefficient (Wildman–Crippen LogP) is 2.55. The van der Waals surface area contributed by atoms with Crippen LogP contribution in [0.1, 0.15) is 21.6 Å². The quantitative estimate of drug-likeness (QED) is 0.772. The summed E-state index contributed by atoms with van der Waals surface area (Å²) in [5.41, 5.74) is 4.09. The van der Waals surface area contributed by atoms with Gasteiger partial charge in [-0.05, 0) is 37.1 Å². The number of hydrogen-bond acceptors (Lipinski definition) is 5. The maximum absolute atomic E-state index is 12.9. The molecule has 0 bridgehead atoms. The molecule has 0 saturated carbocycles. The van der Waals surface area contributed by atoms with E-state index in [-0.39, 0.29) is 5.91 Å². The molecule has 140 valence electrons. The number of methoxy groups -OCH3 is 1. The summed E-state index contributed by atoms with van der Waals surface area (Å²) in [4.78, 5) is 28.8. The predicted molar refractivity (Wildman–Crippen MR) is 104 cm³/mol. The normalized spacial score (nSPS) is 14.6. The smallest absolute Gasteiger partial charge is 0.270 e. The molecule has 0 atom stereocenters. The van der Waals surface area contributed by atoms with Gasteiger partial charge in [-0.15, -0.1) is 0 Å². The van der Waals surface area contributed by atoms with Gasteiger partial charge in [-0.3, -0.25) is 4.79 Å². The van der Waals surface area contributed by atoms with Crippen molar-refractivity contribution in [2.45, 2.75) is 13.8 Å². The highest BCUT2D eigenvalue weighted by atomic mass is 16.5. The third-order valence-electron chi connectivity index (χ3n) is 5.25. The summed E-state index contributed by atoms with van der Waals surface area (Å²) < 4.78 is 5.16. The van der Waals surface area contributed by atoms with E-state index < -0.39 is 0 Å². The molecule has 1 aliphatic rings. The number of amides is 1. The number of fused-ring (bicyclic) bond motifs is 1. The van der Waals surface area contributed by atoms with E-state index in [0.29, 0.717) is 43.7 Å². The van der Waals surface area contributed by atoms with Crippen molar-refractivity contribution in [3.8, 4) is 5.88 Å². The summed E-state index contributed by atoms with van der Waals surface area (Å²) in [6.45, 7) is 6.82. The van der Waals surface area contributed by atoms with Crippen molar-refractivity contribution >= 4 is 22.8 Å². The second-order valence-electron chi connectivity index (χ2n) is 6.83. The van der Waals surface area contributed by atoms with Crippen LogP contribution in [0.4, 0.5) is 5.95 Å². The van der Waals surface area contributed by atoms with Crippen molar-refractivity contribution in [2.24, 2.45) is 0 Å². The van der Waals surface area contributed by atoms with Crippen molar-refractivity contribution in [3.63, 3.8) is 0 Å². The Morgan fingerprint density at radius 2 is 1.93 bits per heavy atom. The van der Waals surface area contributed by atoms with Crippen LogP contribution in [0.25, 0.3) is 10.9 Å². The molecule has 0 aliphatic carbocycles. The topological polar surface area (TPSA) is 74.3 Å². The van der Waals surface area contributed by atoms with Crippen LogP contribution < -0.4 is 9.64 Å². The summed E-state index contributed by atoms with van der Waals surface area (Å²) in [7, 11) is 1.59. The number of aryl methyl sites for hydroxylation is 2. The maximum Gasteiger partial charge on any atom is 0.270 e. The van der Waals surface area contributed by atoms with Gasteiger partial charge in [-0.2, -0.15) is 4.98 Å². The lowest BCUT2D eigenvalue weighted by atomic mass is 10.1. The van der Waals surface area contributed by atoms with Gasteiger partial charge < -0.3 is 19.5 Å². The van der Waals surface area contributed by atoms with E-state index in [0.717, 1.165) is 10.9 Å². The highest BCUT2D eigenvalue weighted by Crippen LogP contribution is 2.23. The first-order valence-electron chi connectivity index (χ1n) is 9.07. The average Bonchev–Trinajstić information content (AvgIpc) is 3.15. The second-order valence-corrected chi connectivity index (χ2v) is 6.83. The van der Waals surface area contributed by atoms with E-state index in [2.05, 4.69) is 39.8 Å². The molecule has 7 nitrogen and oxygen atoms in total. The summed E-state index contributed by atoms with van der Waals surface area (Å²) in [5, 5.41) is 1.11. The Morgan fingerprint density at radius 3 is 2.67 bits per heavy atom. The number of hydrogen-bond donors (Lipinski definition) is 1. The van der Waals surface area contributed by atoms with Crippen LogP contribution in [0.2, 0.25) is 0 Å². The molecule has 7 heteroatoms. The fourth-order valence-corrected chi connectivity index (χ4v) is 3.45. The molecular formula is C20H23N5O2. The number of aromatic nitrogens is 3. The third kappa shape index (κ3) is 3.20. The molecule has 1 aromatic carbocycles. The zero-order valence-corrected chi connectivity index (χ0v) is 15.8. The summed E-state index contributed by atoms with van der Waals surface area (Å²) in [6.07, 6.45) is 1.69. The van der Waals surface area contributed by atoms with Gasteiger partial charge in [0, 0.05) is 49.3 Å². The van der Waals surface area contributed by atoms with E-state index in [9.17, 15) is 4.79 Å². The van der Waals surface area contributed by atoms with Crippen molar-refractivity contribution in [1.82, 2.24) is 19.9 Å². The minimum absolute atomic E-state index is 0.0365. The van der Waals surface area contributed by atoms with Crippen LogP contribution in [0.5, 0.6) is 5.88 Å². The number of ether oxygens (including phenoxy) is 1. The molecule has 0 radical (unpaired) electrons. The number of rotatable bonds is 3. The minimum Gasteiger partial charge on any atom is -0.481 e. The molecule has 0 spiro atoms. The Hall–Kier alpha value is -3.09. The Labute approximate surface area is 158 Å². The van der Waals surface area contributed by atoms with E-state index in [1.807, 2.05) is 17.0 Å². The fraction of sp³-hybridized carbons (Fsp3) is 0.350. The van der Waals surface area contributed by atoms with E-state index in [1.54, 1.807) is 19.4 Å². The monoisotopic (exact) mass is 365 g/mol. The van der Waals surface area contributed by atoms with Crippen molar-refractivity contribution in [3.05, 3.63) is 47.3 Å². The zero-order chi connectivity index (χ0) is 19.0.